The lowest BCUT2D eigenvalue weighted by molar-refractivity contribution is -0.161. The molecule has 0 bridgehead atoms. The minimum atomic E-state index is -4.95. The maximum atomic E-state index is 13.0. The summed E-state index contributed by atoms with van der Waals surface area (Å²) in [6.45, 7) is 2.29. The molecule has 5 unspecified atom stereocenters. The first-order chi connectivity index (χ1) is 54.2. The molecular weight excluding hydrogens is 1430 g/mol. The van der Waals surface area contributed by atoms with Gasteiger partial charge in [-0.3, -0.25) is 32.5 Å². The van der Waals surface area contributed by atoms with Gasteiger partial charge in [0, 0.05) is 19.3 Å². The normalized spacial score (nSPS) is 14.8. The average Bonchev–Trinajstić information content (AvgIpc) is 0.895. The molecule has 111 heavy (non-hydrogen) atoms. The Kier molecular flexibility index (Phi) is 79.6. The van der Waals surface area contributed by atoms with Crippen LogP contribution in [0, 0.1) is 0 Å². The lowest BCUT2D eigenvalue weighted by atomic mass is 10.0. The Morgan fingerprint density at radius 3 is 0.721 bits per heavy atom. The number of hydrogen-bond donors (Lipinski definition) is 4. The van der Waals surface area contributed by atoms with Crippen LogP contribution in [0.5, 0.6) is 0 Å². The van der Waals surface area contributed by atoms with Gasteiger partial charge < -0.3 is 34.2 Å². The Labute approximate surface area is 674 Å². The van der Waals surface area contributed by atoms with Crippen molar-refractivity contribution in [2.45, 2.75) is 334 Å². The van der Waals surface area contributed by atoms with Gasteiger partial charge in [-0.1, -0.05) is 331 Å². The minimum absolute atomic E-state index is 0.0573. The molecular formula is C93H152O16P2. The van der Waals surface area contributed by atoms with Crippen LogP contribution in [0.15, 0.2) is 194 Å². The van der Waals surface area contributed by atoms with E-state index in [0.717, 1.165) is 180 Å². The predicted molar refractivity (Wildman–Crippen MR) is 463 cm³/mol. The molecule has 0 rings (SSSR count). The van der Waals surface area contributed by atoms with Crippen molar-refractivity contribution < 1.29 is 75.8 Å². The lowest BCUT2D eigenvalue weighted by Crippen LogP contribution is -2.30. The van der Waals surface area contributed by atoms with E-state index in [1.165, 1.54) is 77.0 Å². The summed E-state index contributed by atoms with van der Waals surface area (Å²) in [6.07, 6.45) is 110. The van der Waals surface area contributed by atoms with E-state index in [4.69, 9.17) is 32.3 Å². The van der Waals surface area contributed by atoms with Gasteiger partial charge in [0.1, 0.15) is 25.4 Å². The van der Waals surface area contributed by atoms with Crippen LogP contribution in [0.1, 0.15) is 316 Å². The van der Waals surface area contributed by atoms with Crippen molar-refractivity contribution in [1.29, 1.82) is 0 Å². The van der Waals surface area contributed by atoms with Crippen molar-refractivity contribution in [2.75, 3.05) is 39.6 Å². The van der Waals surface area contributed by atoms with Gasteiger partial charge in [-0.05, 0) is 161 Å². The third-order valence-corrected chi connectivity index (χ3v) is 19.2. The largest absolute Gasteiger partial charge is 0.472 e. The molecule has 0 aliphatic carbocycles. The summed E-state index contributed by atoms with van der Waals surface area (Å²) < 4.78 is 61.3. The number of phosphoric acid groups is 2. The summed E-state index contributed by atoms with van der Waals surface area (Å²) in [5.74, 6) is -1.63. The second-order valence-electron chi connectivity index (χ2n) is 27.8. The van der Waals surface area contributed by atoms with E-state index >= 15 is 0 Å². The SMILES string of the molecule is CC/C=C\C/C=C\C/C=C\C/C=C\C/C=C\C/C=C\CCCCCCCCCCCCCCC(=O)OCC(O)COP(=O)(O)OCC(O)COP(=O)(O)OCC(COC(=O)CCCCCCCCCCC/C=C\C/C=C\C/C=C\C/C=C\C/C=C\CC)OC(=O)CCCCC/C=C\C/C=C\C/C=C\C/C=C\C/C=C\CC. The van der Waals surface area contributed by atoms with E-state index in [1.54, 1.807) is 0 Å². The van der Waals surface area contributed by atoms with Gasteiger partial charge in [-0.2, -0.15) is 0 Å². The van der Waals surface area contributed by atoms with Gasteiger partial charge in [-0.15, -0.1) is 0 Å². The summed E-state index contributed by atoms with van der Waals surface area (Å²) in [6, 6.07) is 0. The van der Waals surface area contributed by atoms with Crippen LogP contribution in [-0.2, 0) is 55.8 Å². The van der Waals surface area contributed by atoms with Crippen molar-refractivity contribution in [3.05, 3.63) is 194 Å². The molecule has 5 atom stereocenters. The molecule has 16 nitrogen and oxygen atoms in total. The fourth-order valence-corrected chi connectivity index (χ4v) is 12.5. The molecule has 0 saturated carbocycles. The van der Waals surface area contributed by atoms with Gasteiger partial charge in [-0.25, -0.2) is 9.13 Å². The highest BCUT2D eigenvalue weighted by Crippen LogP contribution is 2.45. The number of ether oxygens (including phenoxy) is 3. The van der Waals surface area contributed by atoms with Crippen LogP contribution in [0.3, 0.4) is 0 Å². The van der Waals surface area contributed by atoms with E-state index in [9.17, 15) is 43.5 Å². The van der Waals surface area contributed by atoms with Crippen molar-refractivity contribution in [3.8, 4) is 0 Å². The Bertz CT molecular complexity index is 2800. The van der Waals surface area contributed by atoms with Crippen molar-refractivity contribution in [1.82, 2.24) is 0 Å². The molecule has 0 amide bonds. The highest BCUT2D eigenvalue weighted by molar-refractivity contribution is 7.47. The molecule has 0 aromatic rings. The first-order valence-electron chi connectivity index (χ1n) is 42.7. The topological polar surface area (TPSA) is 231 Å². The number of carbonyl (C=O) groups is 3. The predicted octanol–water partition coefficient (Wildman–Crippen LogP) is 25.9. The zero-order valence-electron chi connectivity index (χ0n) is 69.1. The maximum absolute atomic E-state index is 13.0. The van der Waals surface area contributed by atoms with Gasteiger partial charge in [0.2, 0.25) is 0 Å². The zero-order valence-corrected chi connectivity index (χ0v) is 70.8. The van der Waals surface area contributed by atoms with E-state index in [-0.39, 0.29) is 19.3 Å². The second-order valence-corrected chi connectivity index (χ2v) is 30.7. The van der Waals surface area contributed by atoms with Crippen LogP contribution in [0.2, 0.25) is 0 Å². The first kappa shape index (κ1) is 105. The first-order valence-corrected chi connectivity index (χ1v) is 45.7. The molecule has 0 aromatic carbocycles. The Morgan fingerprint density at radius 1 is 0.252 bits per heavy atom. The van der Waals surface area contributed by atoms with Crippen LogP contribution >= 0.6 is 15.6 Å². The van der Waals surface area contributed by atoms with E-state index in [2.05, 4.69) is 215 Å². The van der Waals surface area contributed by atoms with Crippen LogP contribution < -0.4 is 0 Å². The van der Waals surface area contributed by atoms with Crippen molar-refractivity contribution >= 4 is 33.6 Å². The number of hydrogen-bond acceptors (Lipinski definition) is 14. The third kappa shape index (κ3) is 85.1. The molecule has 0 aliphatic rings. The molecule has 0 aromatic heterocycles. The molecule has 0 heterocycles. The number of esters is 3. The van der Waals surface area contributed by atoms with Crippen molar-refractivity contribution in [2.24, 2.45) is 0 Å². The van der Waals surface area contributed by atoms with Crippen LogP contribution in [0.4, 0.5) is 0 Å². The summed E-state index contributed by atoms with van der Waals surface area (Å²) in [4.78, 5) is 58.8. The highest BCUT2D eigenvalue weighted by atomic mass is 31.2. The third-order valence-electron chi connectivity index (χ3n) is 17.3. The molecule has 0 saturated heterocycles. The molecule has 18 heteroatoms. The smallest absolute Gasteiger partial charge is 0.463 e. The van der Waals surface area contributed by atoms with Gasteiger partial charge in [0.05, 0.1) is 26.4 Å². The molecule has 4 N–H and O–H groups in total. The number of carbonyl (C=O) groups excluding carboxylic acids is 3. The van der Waals surface area contributed by atoms with Crippen LogP contribution in [-0.4, -0.2) is 95.9 Å². The Morgan fingerprint density at radius 2 is 0.450 bits per heavy atom. The van der Waals surface area contributed by atoms with Crippen LogP contribution in [0.25, 0.3) is 0 Å². The molecule has 0 aliphatic heterocycles. The number of unbranched alkanes of at least 4 members (excludes halogenated alkanes) is 24. The Hall–Kier alpha value is -5.61. The number of aliphatic hydroxyl groups excluding tert-OH is 2. The monoisotopic (exact) mass is 1590 g/mol. The minimum Gasteiger partial charge on any atom is -0.463 e. The summed E-state index contributed by atoms with van der Waals surface area (Å²) in [7, 11) is -9.83. The van der Waals surface area contributed by atoms with Gasteiger partial charge in [0.15, 0.2) is 6.10 Å². The molecule has 0 radical (unpaired) electrons. The average molecular weight is 1590 g/mol. The van der Waals surface area contributed by atoms with Gasteiger partial charge >= 0.3 is 33.6 Å². The second kappa shape index (κ2) is 83.8. The number of rotatable bonds is 79. The number of phosphoric ester groups is 2. The summed E-state index contributed by atoms with van der Waals surface area (Å²) in [5, 5.41) is 20.7. The quantitative estimate of drug-likeness (QED) is 0.0146. The van der Waals surface area contributed by atoms with Gasteiger partial charge in [0.25, 0.3) is 0 Å². The molecule has 0 fully saturated rings. The van der Waals surface area contributed by atoms with E-state index in [1.807, 2.05) is 0 Å². The Balaban J connectivity index is 4.62. The fraction of sp³-hybridized carbons (Fsp3) is 0.624. The number of aliphatic hydroxyl groups is 2. The molecule has 0 spiro atoms. The fourth-order valence-electron chi connectivity index (χ4n) is 10.9. The maximum Gasteiger partial charge on any atom is 0.472 e. The number of allylic oxidation sites excluding steroid dienone is 32. The van der Waals surface area contributed by atoms with Crippen molar-refractivity contribution in [3.63, 3.8) is 0 Å². The highest BCUT2D eigenvalue weighted by Gasteiger charge is 2.29. The van der Waals surface area contributed by atoms with E-state index in [0.29, 0.717) is 19.3 Å². The van der Waals surface area contributed by atoms with E-state index < -0.39 is 91.5 Å². The standard InChI is InChI=1S/C93H152O16P2/c1-4-7-10-13-16-19-22-25-28-31-34-36-38-40-41-42-43-44-45-47-49-50-53-55-58-61-64-67-70-73-76-79-91(96)103-82-88(94)83-105-110(99,100)106-84-89(95)85-107-111(101,102)108-87-90(109-93(98)81-78-75-72-69-66-63-60-57-52-33-30-27-24-21-18-15-12-9-6-3)86-104-92(97)80-77-74-71-68-65-62-59-56-54-51-48-46-39-37-35-32-29-26-23-20-17-14-11-8-5-2/h7-12,16-21,25-30,34-37,40-41,43-44,46,48,52,57,63,66,88-90,94-95H,4-6,13-15,22-24,31-33,38-39,42,45,47,49-51,53-56,58-62,64-65,67-87H2,1-3H3,(H,99,100)(H,101,102)/b10-7-,11-8-,12-9-,19-16-,20-17-,21-18-,28-25-,29-26-,30-27-,36-34-,37-35-,41-40-,44-43-,48-46-,57-52-,66-63-. The lowest BCUT2D eigenvalue weighted by Gasteiger charge is -2.21. The molecule has 630 valence electrons. The summed E-state index contributed by atoms with van der Waals surface area (Å²) >= 11 is 0. The zero-order chi connectivity index (χ0) is 80.8. The summed E-state index contributed by atoms with van der Waals surface area (Å²) in [5.41, 5.74) is 0.